The molecule has 0 saturated heterocycles. The minimum absolute atomic E-state index is 0.151. The Morgan fingerprint density at radius 1 is 1.09 bits per heavy atom. The number of aliphatic hydroxyl groups excluding tert-OH is 1. The maximum atomic E-state index is 12.4. The van der Waals surface area contributed by atoms with Gasteiger partial charge in [0.25, 0.3) is 0 Å². The van der Waals surface area contributed by atoms with Gasteiger partial charge in [-0.05, 0) is 42.0 Å². The molecule has 5 nitrogen and oxygen atoms in total. The van der Waals surface area contributed by atoms with E-state index in [4.69, 9.17) is 4.42 Å². The number of benzene rings is 2. The molecule has 0 aliphatic rings. The number of furan rings is 1. The average Bonchev–Trinajstić information content (AvgIpc) is 2.99. The number of hydrogen-bond acceptors (Lipinski definition) is 4. The molecule has 23 heavy (non-hydrogen) atoms. The van der Waals surface area contributed by atoms with Crippen molar-refractivity contribution in [2.45, 2.75) is 17.9 Å². The van der Waals surface area contributed by atoms with Crippen LogP contribution < -0.4 is 4.72 Å². The Kier molecular flexibility index (Phi) is 4.21. The van der Waals surface area contributed by atoms with Gasteiger partial charge in [0.2, 0.25) is 10.0 Å². The fraction of sp³-hybridized carbons (Fsp3) is 0.176. The first-order chi connectivity index (χ1) is 11.0. The van der Waals surface area contributed by atoms with Crippen molar-refractivity contribution in [2.75, 3.05) is 6.54 Å². The van der Waals surface area contributed by atoms with Gasteiger partial charge < -0.3 is 9.52 Å². The summed E-state index contributed by atoms with van der Waals surface area (Å²) in [4.78, 5) is 0.166. The fourth-order valence-corrected chi connectivity index (χ4v) is 3.41. The van der Waals surface area contributed by atoms with Crippen molar-refractivity contribution in [1.29, 1.82) is 0 Å². The molecule has 120 valence electrons. The zero-order chi connectivity index (χ0) is 16.4. The summed E-state index contributed by atoms with van der Waals surface area (Å²) in [5, 5.41) is 11.8. The highest BCUT2D eigenvalue weighted by molar-refractivity contribution is 7.89. The first kappa shape index (κ1) is 15.7. The van der Waals surface area contributed by atoms with Gasteiger partial charge in [-0.1, -0.05) is 30.3 Å². The molecule has 2 N–H and O–H groups in total. The standard InChI is InChI=1S/C17H17NO4S/c1-12-6-9-17(22-12)16(19)11-18-23(20,21)15-8-7-13-4-2-3-5-14(13)10-15/h2-10,16,18-19H,11H2,1H3. The van der Waals surface area contributed by atoms with Crippen molar-refractivity contribution in [3.05, 3.63) is 66.1 Å². The number of fused-ring (bicyclic) bond motifs is 1. The molecule has 0 spiro atoms. The van der Waals surface area contributed by atoms with E-state index in [2.05, 4.69) is 4.72 Å². The second-order valence-electron chi connectivity index (χ2n) is 5.33. The van der Waals surface area contributed by atoms with Gasteiger partial charge in [0, 0.05) is 6.54 Å². The second kappa shape index (κ2) is 6.16. The lowest BCUT2D eigenvalue weighted by atomic mass is 10.1. The normalized spacial score (nSPS) is 13.3. The largest absolute Gasteiger partial charge is 0.464 e. The molecule has 0 bridgehead atoms. The lowest BCUT2D eigenvalue weighted by Gasteiger charge is -2.11. The second-order valence-corrected chi connectivity index (χ2v) is 7.09. The van der Waals surface area contributed by atoms with Crippen LogP contribution in [0.5, 0.6) is 0 Å². The Morgan fingerprint density at radius 2 is 1.83 bits per heavy atom. The van der Waals surface area contributed by atoms with Crippen LogP contribution in [-0.4, -0.2) is 20.1 Å². The smallest absolute Gasteiger partial charge is 0.240 e. The van der Waals surface area contributed by atoms with Crippen molar-refractivity contribution in [1.82, 2.24) is 4.72 Å². The molecule has 1 heterocycles. The lowest BCUT2D eigenvalue weighted by Crippen LogP contribution is -2.28. The minimum atomic E-state index is -3.70. The van der Waals surface area contributed by atoms with E-state index in [0.717, 1.165) is 10.8 Å². The molecule has 2 aromatic carbocycles. The quantitative estimate of drug-likeness (QED) is 0.753. The first-order valence-corrected chi connectivity index (χ1v) is 8.67. The Balaban J connectivity index is 1.77. The van der Waals surface area contributed by atoms with E-state index in [-0.39, 0.29) is 11.4 Å². The molecule has 6 heteroatoms. The maximum Gasteiger partial charge on any atom is 0.240 e. The summed E-state index contributed by atoms with van der Waals surface area (Å²) in [6.07, 6.45) is -1.03. The average molecular weight is 331 g/mol. The predicted octanol–water partition coefficient (Wildman–Crippen LogP) is 2.75. The highest BCUT2D eigenvalue weighted by Crippen LogP contribution is 2.20. The van der Waals surface area contributed by atoms with Crippen molar-refractivity contribution in [2.24, 2.45) is 0 Å². The molecule has 0 radical (unpaired) electrons. The van der Waals surface area contributed by atoms with Gasteiger partial charge in [-0.3, -0.25) is 0 Å². The Morgan fingerprint density at radius 3 is 2.52 bits per heavy atom. The molecule has 3 rings (SSSR count). The third-order valence-electron chi connectivity index (χ3n) is 3.59. The van der Waals surface area contributed by atoms with Crippen LogP contribution in [0.4, 0.5) is 0 Å². The third kappa shape index (κ3) is 3.44. The molecule has 0 amide bonds. The predicted molar refractivity (Wildman–Crippen MR) is 87.5 cm³/mol. The SMILES string of the molecule is Cc1ccc(C(O)CNS(=O)(=O)c2ccc3ccccc3c2)o1. The van der Waals surface area contributed by atoms with Crippen LogP contribution in [0.25, 0.3) is 10.8 Å². The van der Waals surface area contributed by atoms with Gasteiger partial charge in [-0.15, -0.1) is 0 Å². The first-order valence-electron chi connectivity index (χ1n) is 7.18. The maximum absolute atomic E-state index is 12.4. The van der Waals surface area contributed by atoms with Crippen LogP contribution in [0.15, 0.2) is 63.9 Å². The summed E-state index contributed by atoms with van der Waals surface area (Å²) < 4.78 is 32.4. The van der Waals surface area contributed by atoms with Gasteiger partial charge in [-0.2, -0.15) is 0 Å². The van der Waals surface area contributed by atoms with Gasteiger partial charge in [0.05, 0.1) is 4.90 Å². The molecule has 1 atom stereocenters. The van der Waals surface area contributed by atoms with Crippen molar-refractivity contribution in [3.63, 3.8) is 0 Å². The molecule has 3 aromatic rings. The summed E-state index contributed by atoms with van der Waals surface area (Å²) in [6, 6.07) is 15.8. The lowest BCUT2D eigenvalue weighted by molar-refractivity contribution is 0.152. The van der Waals surface area contributed by atoms with E-state index in [0.29, 0.717) is 11.5 Å². The highest BCUT2D eigenvalue weighted by atomic mass is 32.2. The van der Waals surface area contributed by atoms with Gasteiger partial charge in [0.15, 0.2) is 0 Å². The van der Waals surface area contributed by atoms with Gasteiger partial charge in [0.1, 0.15) is 17.6 Å². The zero-order valence-corrected chi connectivity index (χ0v) is 13.4. The summed E-state index contributed by atoms with van der Waals surface area (Å²) in [5.74, 6) is 1.00. The zero-order valence-electron chi connectivity index (χ0n) is 12.6. The summed E-state index contributed by atoms with van der Waals surface area (Å²) in [5.41, 5.74) is 0. The number of nitrogens with one attached hydrogen (secondary N) is 1. The Labute approximate surface area is 134 Å². The number of aliphatic hydroxyl groups is 1. The van der Waals surface area contributed by atoms with Crippen molar-refractivity contribution >= 4 is 20.8 Å². The molecule has 0 aliphatic carbocycles. The minimum Gasteiger partial charge on any atom is -0.464 e. The molecule has 1 aromatic heterocycles. The highest BCUT2D eigenvalue weighted by Gasteiger charge is 2.18. The Bertz CT molecular complexity index is 930. The summed E-state index contributed by atoms with van der Waals surface area (Å²) in [6.45, 7) is 1.61. The van der Waals surface area contributed by atoms with Crippen LogP contribution in [0.2, 0.25) is 0 Å². The topological polar surface area (TPSA) is 79.5 Å². The number of rotatable bonds is 5. The number of aryl methyl sites for hydroxylation is 1. The van der Waals surface area contributed by atoms with Crippen molar-refractivity contribution < 1.29 is 17.9 Å². The molecule has 0 saturated carbocycles. The van der Waals surface area contributed by atoms with E-state index in [1.807, 2.05) is 24.3 Å². The van der Waals surface area contributed by atoms with E-state index in [1.165, 1.54) is 0 Å². The van der Waals surface area contributed by atoms with Crippen molar-refractivity contribution in [3.8, 4) is 0 Å². The van der Waals surface area contributed by atoms with Crippen LogP contribution in [0.1, 0.15) is 17.6 Å². The van der Waals surface area contributed by atoms with Crippen LogP contribution in [0, 0.1) is 6.92 Å². The number of sulfonamides is 1. The molecular formula is C17H17NO4S. The van der Waals surface area contributed by atoms with Gasteiger partial charge in [-0.25, -0.2) is 13.1 Å². The molecule has 0 fully saturated rings. The van der Waals surface area contributed by atoms with Crippen LogP contribution in [0.3, 0.4) is 0 Å². The molecular weight excluding hydrogens is 314 g/mol. The van der Waals surface area contributed by atoms with E-state index in [9.17, 15) is 13.5 Å². The fourth-order valence-electron chi connectivity index (χ4n) is 2.34. The van der Waals surface area contributed by atoms with E-state index < -0.39 is 16.1 Å². The Hall–Kier alpha value is -2.15. The third-order valence-corrected chi connectivity index (χ3v) is 5.01. The van der Waals surface area contributed by atoms with E-state index >= 15 is 0 Å². The van der Waals surface area contributed by atoms with Crippen LogP contribution >= 0.6 is 0 Å². The van der Waals surface area contributed by atoms with Gasteiger partial charge >= 0.3 is 0 Å². The number of hydrogen-bond donors (Lipinski definition) is 2. The summed E-state index contributed by atoms with van der Waals surface area (Å²) >= 11 is 0. The summed E-state index contributed by atoms with van der Waals surface area (Å²) in [7, 11) is -3.70. The van der Waals surface area contributed by atoms with Crippen LogP contribution in [-0.2, 0) is 10.0 Å². The monoisotopic (exact) mass is 331 g/mol. The van der Waals surface area contributed by atoms with E-state index in [1.54, 1.807) is 37.3 Å². The molecule has 1 unspecified atom stereocenters. The molecule has 0 aliphatic heterocycles.